The molecule has 214 valence electrons. The zero-order valence-electron chi connectivity index (χ0n) is 21.8. The van der Waals surface area contributed by atoms with Crippen molar-refractivity contribution >= 4 is 29.4 Å². The fraction of sp³-hybridized carbons (Fsp3) is 0.296. The molecule has 41 heavy (non-hydrogen) atoms. The highest BCUT2D eigenvalue weighted by atomic mass is 19.4. The van der Waals surface area contributed by atoms with Gasteiger partial charge in [-0.05, 0) is 43.2 Å². The number of amides is 5. The van der Waals surface area contributed by atoms with Crippen LogP contribution in [0, 0.1) is 12.7 Å². The van der Waals surface area contributed by atoms with Crippen LogP contribution in [-0.2, 0) is 26.5 Å². The lowest BCUT2D eigenvalue weighted by atomic mass is 9.81. The molecule has 2 atom stereocenters. The summed E-state index contributed by atoms with van der Waals surface area (Å²) in [6.45, 7) is 1.03. The maximum atomic E-state index is 13.7. The summed E-state index contributed by atoms with van der Waals surface area (Å²) < 4.78 is 54.4. The monoisotopic (exact) mass is 572 g/mol. The molecule has 1 spiro atoms. The number of alkyl halides is 3. The van der Waals surface area contributed by atoms with Crippen molar-refractivity contribution in [1.29, 1.82) is 0 Å². The Bertz CT molecular complexity index is 1550. The van der Waals surface area contributed by atoms with Crippen LogP contribution in [0.3, 0.4) is 0 Å². The number of benzene rings is 2. The third-order valence-electron chi connectivity index (χ3n) is 7.32. The van der Waals surface area contributed by atoms with E-state index in [1.807, 2.05) is 0 Å². The minimum absolute atomic E-state index is 0.214. The molecule has 5 amide bonds. The molecule has 10 nitrogen and oxygen atoms in total. The topological polar surface area (TPSA) is 128 Å². The first kappa shape index (κ1) is 27.8. The number of aromatic amines is 1. The molecule has 0 radical (unpaired) electrons. The zero-order chi connectivity index (χ0) is 29.7. The minimum atomic E-state index is -4.82. The number of nitrogens with zero attached hydrogens (tertiary/aromatic N) is 3. The number of carbonyl (C=O) groups excluding carboxylic acids is 4. The predicted octanol–water partition coefficient (Wildman–Crippen LogP) is 3.59. The molecule has 2 aliphatic heterocycles. The fourth-order valence-corrected chi connectivity index (χ4v) is 5.06. The second-order valence-electron chi connectivity index (χ2n) is 9.99. The largest absolute Gasteiger partial charge is 0.408 e. The van der Waals surface area contributed by atoms with Crippen LogP contribution in [0.25, 0.3) is 11.1 Å². The molecule has 2 aromatic carbocycles. The van der Waals surface area contributed by atoms with E-state index in [2.05, 4.69) is 20.8 Å². The normalized spacial score (nSPS) is 19.2. The molecule has 5 rings (SSSR count). The minimum Gasteiger partial charge on any atom is -0.326 e. The molecule has 0 saturated carbocycles. The number of hydrogen-bond donors (Lipinski definition) is 3. The van der Waals surface area contributed by atoms with E-state index in [1.54, 1.807) is 31.3 Å². The molecule has 2 aliphatic rings. The third-order valence-corrected chi connectivity index (χ3v) is 7.32. The van der Waals surface area contributed by atoms with Crippen LogP contribution >= 0.6 is 0 Å². The van der Waals surface area contributed by atoms with Gasteiger partial charge in [-0.1, -0.05) is 24.3 Å². The summed E-state index contributed by atoms with van der Waals surface area (Å²) >= 11 is 0. The van der Waals surface area contributed by atoms with Gasteiger partial charge in [0.05, 0.1) is 12.6 Å². The van der Waals surface area contributed by atoms with Crippen LogP contribution in [0.1, 0.15) is 30.2 Å². The maximum Gasteiger partial charge on any atom is 0.408 e. The molecule has 1 aromatic heterocycles. The van der Waals surface area contributed by atoms with E-state index in [0.29, 0.717) is 15.4 Å². The van der Waals surface area contributed by atoms with Crippen molar-refractivity contribution in [3.05, 3.63) is 71.3 Å². The number of nitrogens with one attached hydrogen (secondary N) is 3. The summed E-state index contributed by atoms with van der Waals surface area (Å²) in [7, 11) is 0. The number of urea groups is 1. The van der Waals surface area contributed by atoms with Crippen molar-refractivity contribution in [1.82, 2.24) is 25.3 Å². The lowest BCUT2D eigenvalue weighted by Crippen LogP contribution is -2.52. The number of aromatic nitrogens is 2. The predicted molar refractivity (Wildman–Crippen MR) is 136 cm³/mol. The molecule has 0 bridgehead atoms. The van der Waals surface area contributed by atoms with Gasteiger partial charge >= 0.3 is 12.2 Å². The lowest BCUT2D eigenvalue weighted by Gasteiger charge is -2.34. The molecule has 3 aromatic rings. The van der Waals surface area contributed by atoms with Gasteiger partial charge in [0, 0.05) is 29.1 Å². The van der Waals surface area contributed by atoms with Crippen molar-refractivity contribution in [2.75, 3.05) is 11.9 Å². The SMILES string of the molecule is Cc1[nH]ncc1-c1ccc2c(c1)NC(=O)CC21NC(=O)N(CC(=O)N(Cc2ccc(F)cc2)C(C)C(F)(F)F)C1=O. The van der Waals surface area contributed by atoms with E-state index in [0.717, 1.165) is 30.3 Å². The summed E-state index contributed by atoms with van der Waals surface area (Å²) in [4.78, 5) is 53.6. The number of rotatable bonds is 6. The Labute approximate surface area is 230 Å². The Morgan fingerprint density at radius 2 is 1.85 bits per heavy atom. The summed E-state index contributed by atoms with van der Waals surface area (Å²) in [5.41, 5.74) is 1.06. The van der Waals surface area contributed by atoms with Crippen LogP contribution in [0.5, 0.6) is 0 Å². The first-order chi connectivity index (χ1) is 19.3. The van der Waals surface area contributed by atoms with Crippen molar-refractivity contribution < 1.29 is 36.7 Å². The Hall–Kier alpha value is -4.75. The Morgan fingerprint density at radius 3 is 2.49 bits per heavy atom. The molecular weight excluding hydrogens is 548 g/mol. The van der Waals surface area contributed by atoms with Gasteiger partial charge in [0.25, 0.3) is 5.91 Å². The second-order valence-corrected chi connectivity index (χ2v) is 9.99. The molecule has 14 heteroatoms. The smallest absolute Gasteiger partial charge is 0.326 e. The average molecular weight is 573 g/mol. The van der Waals surface area contributed by atoms with Gasteiger partial charge in [0.1, 0.15) is 18.4 Å². The van der Waals surface area contributed by atoms with Crippen LogP contribution < -0.4 is 10.6 Å². The molecule has 2 unspecified atom stereocenters. The number of imide groups is 1. The standard InChI is InChI=1S/C27H24F4N6O4/c1-14-19(11-32-35-14)17-5-8-20-21(9-17)33-22(38)10-26(20)24(40)37(25(41)34-26)13-23(39)36(15(2)27(29,30)31)12-16-3-6-18(28)7-4-16/h3-9,11,15H,10,12-13H2,1-2H3,(H,32,35)(H,33,38)(H,34,41). The highest BCUT2D eigenvalue weighted by Gasteiger charge is 2.57. The van der Waals surface area contributed by atoms with E-state index >= 15 is 0 Å². The first-order valence-corrected chi connectivity index (χ1v) is 12.5. The van der Waals surface area contributed by atoms with E-state index in [4.69, 9.17) is 0 Å². The third kappa shape index (κ3) is 5.00. The van der Waals surface area contributed by atoms with E-state index < -0.39 is 66.8 Å². The van der Waals surface area contributed by atoms with Crippen LogP contribution in [0.2, 0.25) is 0 Å². The van der Waals surface area contributed by atoms with Crippen LogP contribution in [0.4, 0.5) is 28.0 Å². The van der Waals surface area contributed by atoms with Gasteiger partial charge in [-0.25, -0.2) is 9.18 Å². The van der Waals surface area contributed by atoms with Gasteiger partial charge in [0.15, 0.2) is 5.54 Å². The second kappa shape index (κ2) is 10.0. The lowest BCUT2D eigenvalue weighted by molar-refractivity contribution is -0.187. The van der Waals surface area contributed by atoms with E-state index in [9.17, 15) is 36.7 Å². The van der Waals surface area contributed by atoms with E-state index in [-0.39, 0.29) is 16.8 Å². The molecule has 1 fully saturated rings. The number of H-pyrrole nitrogens is 1. The first-order valence-electron chi connectivity index (χ1n) is 12.5. The average Bonchev–Trinajstić information content (AvgIpc) is 3.43. The summed E-state index contributed by atoms with van der Waals surface area (Å²) in [5, 5.41) is 12.0. The van der Waals surface area contributed by atoms with Crippen LogP contribution in [0.15, 0.2) is 48.7 Å². The summed E-state index contributed by atoms with van der Waals surface area (Å²) in [6, 6.07) is 6.11. The highest BCUT2D eigenvalue weighted by molar-refractivity contribution is 6.14. The summed E-state index contributed by atoms with van der Waals surface area (Å²) in [5.74, 6) is -3.29. The number of halogens is 4. The Morgan fingerprint density at radius 1 is 1.15 bits per heavy atom. The maximum absolute atomic E-state index is 13.7. The van der Waals surface area contributed by atoms with Gasteiger partial charge < -0.3 is 15.5 Å². The van der Waals surface area contributed by atoms with Crippen molar-refractivity contribution in [2.45, 2.75) is 44.6 Å². The number of hydrogen-bond acceptors (Lipinski definition) is 5. The number of carbonyl (C=O) groups is 4. The quantitative estimate of drug-likeness (QED) is 0.307. The fourth-order valence-electron chi connectivity index (χ4n) is 5.06. The van der Waals surface area contributed by atoms with Gasteiger partial charge in [-0.3, -0.25) is 24.4 Å². The highest BCUT2D eigenvalue weighted by Crippen LogP contribution is 2.42. The Balaban J connectivity index is 1.44. The molecular formula is C27H24F4N6O4. The number of anilines is 1. The summed E-state index contributed by atoms with van der Waals surface area (Å²) in [6.07, 6.45) is -3.70. The van der Waals surface area contributed by atoms with Crippen molar-refractivity contribution in [2.24, 2.45) is 0 Å². The zero-order valence-corrected chi connectivity index (χ0v) is 21.8. The van der Waals surface area contributed by atoms with Crippen molar-refractivity contribution in [3.63, 3.8) is 0 Å². The number of fused-ring (bicyclic) bond motifs is 2. The number of aryl methyl sites for hydroxylation is 1. The van der Waals surface area contributed by atoms with Crippen LogP contribution in [-0.4, -0.2) is 62.5 Å². The van der Waals surface area contributed by atoms with Crippen molar-refractivity contribution in [3.8, 4) is 11.1 Å². The van der Waals surface area contributed by atoms with Gasteiger partial charge in [0.2, 0.25) is 11.8 Å². The van der Waals surface area contributed by atoms with Gasteiger partial charge in [-0.2, -0.15) is 18.3 Å². The molecule has 3 heterocycles. The molecule has 3 N–H and O–H groups in total. The molecule has 0 aliphatic carbocycles. The van der Waals surface area contributed by atoms with E-state index in [1.165, 1.54) is 12.1 Å². The van der Waals surface area contributed by atoms with Gasteiger partial charge in [-0.15, -0.1) is 0 Å². The Kier molecular flexibility index (Phi) is 6.79. The molecule has 1 saturated heterocycles.